The minimum Gasteiger partial charge on any atom is -0.353 e. The first-order valence-corrected chi connectivity index (χ1v) is 11.2. The van der Waals surface area contributed by atoms with E-state index >= 15 is 0 Å². The largest absolute Gasteiger partial charge is 0.353 e. The number of benzene rings is 1. The predicted molar refractivity (Wildman–Crippen MR) is 102 cm³/mol. The number of sulfonamides is 1. The van der Waals surface area contributed by atoms with Crippen LogP contribution in [-0.2, 0) is 14.8 Å². The average molecular weight is 379 g/mol. The third-order valence-corrected chi connectivity index (χ3v) is 7.68. The second kappa shape index (κ2) is 8.09. The van der Waals surface area contributed by atoms with Gasteiger partial charge < -0.3 is 5.32 Å². The zero-order valence-corrected chi connectivity index (χ0v) is 16.6. The molecule has 1 aliphatic carbocycles. The van der Waals surface area contributed by atoms with Gasteiger partial charge in [0, 0.05) is 25.0 Å². The number of amides is 1. The van der Waals surface area contributed by atoms with Gasteiger partial charge in [-0.25, -0.2) is 8.42 Å². The number of carbonyl (C=O) groups is 1. The van der Waals surface area contributed by atoms with Crippen LogP contribution in [0, 0.1) is 18.8 Å². The molecule has 0 radical (unpaired) electrons. The van der Waals surface area contributed by atoms with Crippen molar-refractivity contribution in [3.8, 4) is 0 Å². The zero-order chi connectivity index (χ0) is 18.7. The first-order chi connectivity index (χ1) is 12.4. The average Bonchev–Trinajstić information content (AvgIpc) is 2.62. The summed E-state index contributed by atoms with van der Waals surface area (Å²) in [5.41, 5.74) is 1.04. The normalized spacial score (nSPS) is 25.8. The molecule has 1 heterocycles. The van der Waals surface area contributed by atoms with E-state index in [0.717, 1.165) is 18.4 Å². The third-order valence-electron chi connectivity index (χ3n) is 5.77. The molecule has 2 aliphatic rings. The van der Waals surface area contributed by atoms with Gasteiger partial charge in [-0.2, -0.15) is 4.31 Å². The highest BCUT2D eigenvalue weighted by molar-refractivity contribution is 7.89. The Morgan fingerprint density at radius 2 is 1.73 bits per heavy atom. The minimum atomic E-state index is -3.46. The van der Waals surface area contributed by atoms with Gasteiger partial charge in [0.1, 0.15) is 0 Å². The van der Waals surface area contributed by atoms with Crippen LogP contribution in [0.2, 0.25) is 0 Å². The fourth-order valence-electron chi connectivity index (χ4n) is 4.10. The Morgan fingerprint density at radius 3 is 2.35 bits per heavy atom. The third kappa shape index (κ3) is 4.46. The van der Waals surface area contributed by atoms with E-state index in [1.807, 2.05) is 19.1 Å². The Bertz CT molecular complexity index is 722. The molecular formula is C20H30N2O3S. The van der Waals surface area contributed by atoms with E-state index in [9.17, 15) is 13.2 Å². The SMILES string of the molecule is Cc1ccc(S(=O)(=O)N2CCC(C(=O)NC3CCCC(C)C3)CC2)cc1. The monoisotopic (exact) mass is 378 g/mol. The Labute approximate surface area is 157 Å². The Balaban J connectivity index is 1.55. The highest BCUT2D eigenvalue weighted by Gasteiger charge is 2.33. The number of piperidine rings is 1. The molecule has 26 heavy (non-hydrogen) atoms. The summed E-state index contributed by atoms with van der Waals surface area (Å²) in [5, 5.41) is 3.20. The maximum absolute atomic E-state index is 12.8. The maximum atomic E-state index is 12.8. The van der Waals surface area contributed by atoms with Gasteiger partial charge in [0.15, 0.2) is 0 Å². The van der Waals surface area contributed by atoms with Crippen molar-refractivity contribution in [2.24, 2.45) is 11.8 Å². The van der Waals surface area contributed by atoms with Crippen LogP contribution < -0.4 is 5.32 Å². The molecule has 1 aromatic carbocycles. The molecule has 144 valence electrons. The van der Waals surface area contributed by atoms with E-state index in [2.05, 4.69) is 12.2 Å². The van der Waals surface area contributed by atoms with Crippen molar-refractivity contribution in [1.29, 1.82) is 0 Å². The highest BCUT2D eigenvalue weighted by Crippen LogP contribution is 2.26. The first kappa shape index (κ1) is 19.4. The lowest BCUT2D eigenvalue weighted by atomic mass is 9.86. The second-order valence-electron chi connectivity index (χ2n) is 7.97. The molecule has 2 atom stereocenters. The van der Waals surface area contributed by atoms with Crippen molar-refractivity contribution < 1.29 is 13.2 Å². The molecule has 6 heteroatoms. The van der Waals surface area contributed by atoms with Crippen molar-refractivity contribution in [2.45, 2.75) is 63.3 Å². The van der Waals surface area contributed by atoms with Crippen LogP contribution in [0.3, 0.4) is 0 Å². The minimum absolute atomic E-state index is 0.0725. The lowest BCUT2D eigenvalue weighted by molar-refractivity contribution is -0.127. The number of nitrogens with one attached hydrogen (secondary N) is 1. The molecule has 1 saturated carbocycles. The number of rotatable bonds is 4. The number of aryl methyl sites for hydroxylation is 1. The van der Waals surface area contributed by atoms with Crippen LogP contribution >= 0.6 is 0 Å². The van der Waals surface area contributed by atoms with Crippen molar-refractivity contribution >= 4 is 15.9 Å². The van der Waals surface area contributed by atoms with Gasteiger partial charge in [0.2, 0.25) is 15.9 Å². The van der Waals surface area contributed by atoms with E-state index in [1.165, 1.54) is 17.1 Å². The Hall–Kier alpha value is -1.40. The van der Waals surface area contributed by atoms with Crippen molar-refractivity contribution in [2.75, 3.05) is 13.1 Å². The molecule has 1 aliphatic heterocycles. The molecule has 1 saturated heterocycles. The molecule has 2 unspecified atom stereocenters. The van der Waals surface area contributed by atoms with Crippen molar-refractivity contribution in [3.05, 3.63) is 29.8 Å². The smallest absolute Gasteiger partial charge is 0.243 e. The summed E-state index contributed by atoms with van der Waals surface area (Å²) in [4.78, 5) is 12.9. The summed E-state index contributed by atoms with van der Waals surface area (Å²) in [5.74, 6) is 0.712. The number of hydrogen-bond donors (Lipinski definition) is 1. The molecule has 0 spiro atoms. The van der Waals surface area contributed by atoms with Crippen molar-refractivity contribution in [3.63, 3.8) is 0 Å². The second-order valence-corrected chi connectivity index (χ2v) is 9.91. The summed E-state index contributed by atoms with van der Waals surface area (Å²) < 4.78 is 27.0. The fourth-order valence-corrected chi connectivity index (χ4v) is 5.57. The molecule has 0 aromatic heterocycles. The van der Waals surface area contributed by atoms with Gasteiger partial charge in [-0.05, 0) is 50.7 Å². The molecule has 3 rings (SSSR count). The van der Waals surface area contributed by atoms with Crippen LogP contribution in [0.5, 0.6) is 0 Å². The molecule has 1 amide bonds. The lowest BCUT2D eigenvalue weighted by Crippen LogP contribution is -2.46. The molecule has 1 aromatic rings. The fraction of sp³-hybridized carbons (Fsp3) is 0.650. The zero-order valence-electron chi connectivity index (χ0n) is 15.8. The standard InChI is InChI=1S/C20H30N2O3S/c1-15-6-8-19(9-7-15)26(24,25)22-12-10-17(11-13-22)20(23)21-18-5-3-4-16(2)14-18/h6-9,16-18H,3-5,10-14H2,1-2H3,(H,21,23). The quantitative estimate of drug-likeness (QED) is 0.875. The molecule has 0 bridgehead atoms. The van der Waals surface area contributed by atoms with E-state index < -0.39 is 10.0 Å². The van der Waals surface area contributed by atoms with E-state index in [1.54, 1.807) is 12.1 Å². The van der Waals surface area contributed by atoms with Gasteiger partial charge in [0.05, 0.1) is 4.90 Å². The number of hydrogen-bond acceptors (Lipinski definition) is 3. The Kier molecular flexibility index (Phi) is 6.03. The van der Waals surface area contributed by atoms with E-state index in [0.29, 0.717) is 42.8 Å². The highest BCUT2D eigenvalue weighted by atomic mass is 32.2. The number of carbonyl (C=O) groups excluding carboxylic acids is 1. The molecule has 1 N–H and O–H groups in total. The molecular weight excluding hydrogens is 348 g/mol. The maximum Gasteiger partial charge on any atom is 0.243 e. The van der Waals surface area contributed by atoms with Gasteiger partial charge >= 0.3 is 0 Å². The summed E-state index contributed by atoms with van der Waals surface area (Å²) in [6.07, 6.45) is 5.75. The van der Waals surface area contributed by atoms with Crippen LogP contribution in [0.15, 0.2) is 29.2 Å². The first-order valence-electron chi connectivity index (χ1n) is 9.73. The molecule has 2 fully saturated rings. The van der Waals surface area contributed by atoms with Gasteiger partial charge in [-0.1, -0.05) is 37.5 Å². The van der Waals surface area contributed by atoms with Crippen molar-refractivity contribution in [1.82, 2.24) is 9.62 Å². The summed E-state index contributed by atoms with van der Waals surface area (Å²) in [7, 11) is -3.46. The lowest BCUT2D eigenvalue weighted by Gasteiger charge is -2.33. The summed E-state index contributed by atoms with van der Waals surface area (Å²) in [6, 6.07) is 7.25. The van der Waals surface area contributed by atoms with E-state index in [4.69, 9.17) is 0 Å². The summed E-state index contributed by atoms with van der Waals surface area (Å²) >= 11 is 0. The van der Waals surface area contributed by atoms with E-state index in [-0.39, 0.29) is 11.8 Å². The summed E-state index contributed by atoms with van der Waals surface area (Å²) in [6.45, 7) is 5.00. The molecule has 5 nitrogen and oxygen atoms in total. The topological polar surface area (TPSA) is 66.5 Å². The van der Waals surface area contributed by atoms with Crippen LogP contribution in [0.4, 0.5) is 0 Å². The van der Waals surface area contributed by atoms with Crippen LogP contribution in [0.25, 0.3) is 0 Å². The van der Waals surface area contributed by atoms with Gasteiger partial charge in [-0.15, -0.1) is 0 Å². The number of nitrogens with zero attached hydrogens (tertiary/aromatic N) is 1. The predicted octanol–water partition coefficient (Wildman–Crippen LogP) is 3.09. The van der Waals surface area contributed by atoms with Crippen LogP contribution in [-0.4, -0.2) is 37.8 Å². The van der Waals surface area contributed by atoms with Gasteiger partial charge in [-0.3, -0.25) is 4.79 Å². The van der Waals surface area contributed by atoms with Gasteiger partial charge in [0.25, 0.3) is 0 Å². The Morgan fingerprint density at radius 1 is 1.08 bits per heavy atom. The van der Waals surface area contributed by atoms with Crippen LogP contribution in [0.1, 0.15) is 51.0 Å².